The lowest BCUT2D eigenvalue weighted by atomic mass is 10.2. The summed E-state index contributed by atoms with van der Waals surface area (Å²) in [5, 5.41) is 2.00. The molecule has 4 nitrogen and oxygen atoms in total. The van der Waals surface area contributed by atoms with Gasteiger partial charge >= 0.3 is 6.16 Å². The van der Waals surface area contributed by atoms with E-state index < -0.39 is 6.16 Å². The summed E-state index contributed by atoms with van der Waals surface area (Å²) in [4.78, 5) is 15.2. The number of hydrogen-bond acceptors (Lipinski definition) is 5. The van der Waals surface area contributed by atoms with Gasteiger partial charge in [0.25, 0.3) is 0 Å². The van der Waals surface area contributed by atoms with Crippen molar-refractivity contribution < 1.29 is 14.3 Å². The normalized spacial score (nSPS) is 12.4. The molecule has 25 heavy (non-hydrogen) atoms. The molecule has 0 amide bonds. The molecule has 0 aliphatic rings. The Morgan fingerprint density at radius 1 is 1.16 bits per heavy atom. The van der Waals surface area contributed by atoms with Gasteiger partial charge in [-0.2, -0.15) is 0 Å². The van der Waals surface area contributed by atoms with E-state index >= 15 is 0 Å². The number of ether oxygens (including phenoxy) is 2. The third-order valence-electron chi connectivity index (χ3n) is 3.70. The third-order valence-corrected chi connectivity index (χ3v) is 4.67. The van der Waals surface area contributed by atoms with E-state index in [0.717, 1.165) is 24.4 Å². The highest BCUT2D eigenvalue weighted by molar-refractivity contribution is 7.10. The maximum Gasteiger partial charge on any atom is 0.508 e. The van der Waals surface area contributed by atoms with Crippen molar-refractivity contribution in [2.45, 2.75) is 32.9 Å². The van der Waals surface area contributed by atoms with Crippen molar-refractivity contribution in [2.24, 2.45) is 5.92 Å². The first-order valence-electron chi connectivity index (χ1n) is 8.64. The second-order valence-electron chi connectivity index (χ2n) is 6.59. The molecule has 0 aliphatic heterocycles. The molecule has 0 radical (unpaired) electrons. The molecule has 0 saturated heterocycles. The molecular formula is C20H27NO3S. The Morgan fingerprint density at radius 2 is 1.92 bits per heavy atom. The van der Waals surface area contributed by atoms with Crippen molar-refractivity contribution in [1.82, 2.24) is 4.90 Å². The van der Waals surface area contributed by atoms with Crippen molar-refractivity contribution in [3.05, 3.63) is 58.3 Å². The van der Waals surface area contributed by atoms with Gasteiger partial charge in [0, 0.05) is 24.4 Å². The smallest absolute Gasteiger partial charge is 0.434 e. The van der Waals surface area contributed by atoms with Crippen molar-refractivity contribution in [3.63, 3.8) is 0 Å². The fourth-order valence-electron chi connectivity index (χ4n) is 2.43. The molecule has 1 unspecified atom stereocenters. The number of benzene rings is 1. The lowest BCUT2D eigenvalue weighted by Gasteiger charge is -2.21. The van der Waals surface area contributed by atoms with Gasteiger partial charge in [0.05, 0.1) is 6.61 Å². The van der Waals surface area contributed by atoms with E-state index in [2.05, 4.69) is 24.1 Å². The molecule has 0 fully saturated rings. The van der Waals surface area contributed by atoms with Crippen LogP contribution in [-0.4, -0.2) is 31.3 Å². The standard InChI is InChI=1S/C20H27NO3S/c1-16(2)15-23-20(22)24-18(19-10-7-13-25-19)11-12-21(3)14-17-8-5-4-6-9-17/h4-10,13,16,18H,11-12,14-15H2,1-3H3. The summed E-state index contributed by atoms with van der Waals surface area (Å²) < 4.78 is 10.7. The van der Waals surface area contributed by atoms with Gasteiger partial charge in [-0.15, -0.1) is 11.3 Å². The van der Waals surface area contributed by atoms with Crippen LogP contribution in [0.4, 0.5) is 4.79 Å². The van der Waals surface area contributed by atoms with Gasteiger partial charge in [-0.3, -0.25) is 0 Å². The van der Waals surface area contributed by atoms with Gasteiger partial charge in [0.2, 0.25) is 0 Å². The molecule has 0 saturated carbocycles. The van der Waals surface area contributed by atoms with Crippen molar-refractivity contribution >= 4 is 17.5 Å². The highest BCUT2D eigenvalue weighted by Gasteiger charge is 2.19. The summed E-state index contributed by atoms with van der Waals surface area (Å²) >= 11 is 1.60. The van der Waals surface area contributed by atoms with Crippen LogP contribution in [-0.2, 0) is 16.0 Å². The van der Waals surface area contributed by atoms with E-state index in [1.165, 1.54) is 5.56 Å². The Balaban J connectivity index is 1.87. The van der Waals surface area contributed by atoms with Crippen molar-refractivity contribution in [1.29, 1.82) is 0 Å². The highest BCUT2D eigenvalue weighted by Crippen LogP contribution is 2.26. The highest BCUT2D eigenvalue weighted by atomic mass is 32.1. The molecular weight excluding hydrogens is 334 g/mol. The third kappa shape index (κ3) is 7.28. The van der Waals surface area contributed by atoms with E-state index in [0.29, 0.717) is 12.5 Å². The summed E-state index contributed by atoms with van der Waals surface area (Å²) in [6.45, 7) is 6.08. The molecule has 2 rings (SSSR count). The first-order chi connectivity index (χ1) is 12.0. The Hall–Kier alpha value is -1.85. The molecule has 1 atom stereocenters. The summed E-state index contributed by atoms with van der Waals surface area (Å²) in [5.74, 6) is 0.296. The Morgan fingerprint density at radius 3 is 2.56 bits per heavy atom. The van der Waals surface area contributed by atoms with Crippen LogP contribution in [0.3, 0.4) is 0 Å². The molecule has 0 bridgehead atoms. The number of hydrogen-bond donors (Lipinski definition) is 0. The fourth-order valence-corrected chi connectivity index (χ4v) is 3.22. The average Bonchev–Trinajstić information content (AvgIpc) is 3.12. The zero-order valence-electron chi connectivity index (χ0n) is 15.2. The van der Waals surface area contributed by atoms with Crippen LogP contribution in [0.15, 0.2) is 47.8 Å². The van der Waals surface area contributed by atoms with Crippen LogP contribution in [0.25, 0.3) is 0 Å². The molecule has 0 aliphatic carbocycles. The molecule has 136 valence electrons. The van der Waals surface area contributed by atoms with Gasteiger partial charge < -0.3 is 14.4 Å². The maximum absolute atomic E-state index is 11.9. The summed E-state index contributed by atoms with van der Waals surface area (Å²) in [6, 6.07) is 14.3. The van der Waals surface area contributed by atoms with Crippen molar-refractivity contribution in [2.75, 3.05) is 20.2 Å². The lowest BCUT2D eigenvalue weighted by Crippen LogP contribution is -2.23. The van der Waals surface area contributed by atoms with E-state index in [9.17, 15) is 4.79 Å². The van der Waals surface area contributed by atoms with Gasteiger partial charge in [0.15, 0.2) is 0 Å². The van der Waals surface area contributed by atoms with E-state index in [1.54, 1.807) is 11.3 Å². The Labute approximate surface area is 154 Å². The minimum Gasteiger partial charge on any atom is -0.434 e. The Kier molecular flexibility index (Phi) is 7.95. The predicted molar refractivity (Wildman–Crippen MR) is 102 cm³/mol. The van der Waals surface area contributed by atoms with Gasteiger partial charge in [-0.05, 0) is 30.0 Å². The van der Waals surface area contributed by atoms with Gasteiger partial charge in [-0.1, -0.05) is 50.2 Å². The number of thiophene rings is 1. The van der Waals surface area contributed by atoms with Crippen LogP contribution in [0.2, 0.25) is 0 Å². The quantitative estimate of drug-likeness (QED) is 0.581. The molecule has 5 heteroatoms. The summed E-state index contributed by atoms with van der Waals surface area (Å²) in [5.41, 5.74) is 1.27. The molecule has 1 heterocycles. The second kappa shape index (κ2) is 10.2. The predicted octanol–water partition coefficient (Wildman–Crippen LogP) is 5.12. The number of nitrogens with zero attached hydrogens (tertiary/aromatic N) is 1. The van der Waals surface area contributed by atoms with Crippen LogP contribution in [0.1, 0.15) is 36.8 Å². The molecule has 2 aromatic rings. The van der Waals surface area contributed by atoms with Crippen LogP contribution < -0.4 is 0 Å². The molecule has 1 aromatic heterocycles. The van der Waals surface area contributed by atoms with E-state index in [1.807, 2.05) is 49.6 Å². The van der Waals surface area contributed by atoms with Gasteiger partial charge in [-0.25, -0.2) is 4.79 Å². The minimum absolute atomic E-state index is 0.266. The molecule has 1 aromatic carbocycles. The van der Waals surface area contributed by atoms with E-state index in [-0.39, 0.29) is 6.10 Å². The second-order valence-corrected chi connectivity index (χ2v) is 7.57. The number of carbonyl (C=O) groups is 1. The maximum atomic E-state index is 11.9. The lowest BCUT2D eigenvalue weighted by molar-refractivity contribution is 0.0128. The minimum atomic E-state index is -0.585. The summed E-state index contributed by atoms with van der Waals surface area (Å²) in [6.07, 6.45) is -0.114. The first kappa shape index (κ1) is 19.5. The summed E-state index contributed by atoms with van der Waals surface area (Å²) in [7, 11) is 2.08. The Bertz CT molecular complexity index is 613. The van der Waals surface area contributed by atoms with E-state index in [4.69, 9.17) is 9.47 Å². The monoisotopic (exact) mass is 361 g/mol. The fraction of sp³-hybridized carbons (Fsp3) is 0.450. The topological polar surface area (TPSA) is 38.8 Å². The van der Waals surface area contributed by atoms with Crippen molar-refractivity contribution in [3.8, 4) is 0 Å². The SMILES string of the molecule is CC(C)COC(=O)OC(CCN(C)Cc1ccccc1)c1cccs1. The van der Waals surface area contributed by atoms with Crippen LogP contribution >= 0.6 is 11.3 Å². The zero-order chi connectivity index (χ0) is 18.1. The first-order valence-corrected chi connectivity index (χ1v) is 9.52. The number of carbonyl (C=O) groups excluding carboxylic acids is 1. The van der Waals surface area contributed by atoms with Crippen LogP contribution in [0.5, 0.6) is 0 Å². The average molecular weight is 362 g/mol. The molecule has 0 N–H and O–H groups in total. The number of rotatable bonds is 9. The largest absolute Gasteiger partial charge is 0.508 e. The van der Waals surface area contributed by atoms with Gasteiger partial charge in [0.1, 0.15) is 6.10 Å². The molecule has 0 spiro atoms. The van der Waals surface area contributed by atoms with Crippen LogP contribution in [0, 0.1) is 5.92 Å². The zero-order valence-corrected chi connectivity index (χ0v) is 16.0.